The highest BCUT2D eigenvalue weighted by molar-refractivity contribution is 7.90. The Morgan fingerprint density at radius 2 is 0.410 bits per heavy atom. The molecule has 16 bridgehead atoms. The van der Waals surface area contributed by atoms with E-state index in [1.807, 2.05) is 161 Å². The van der Waals surface area contributed by atoms with E-state index in [2.05, 4.69) is 12.1 Å². The number of hydrogen-bond donors (Lipinski definition) is 0. The number of aryl methyl sites for hydroxylation is 4. The molecule has 0 atom stereocenters. The molecule has 18 heteroatoms. The number of aromatic nitrogens is 2. The molecule has 0 N–H and O–H groups in total. The summed E-state index contributed by atoms with van der Waals surface area (Å²) < 4.78 is 124. The maximum atomic E-state index is 14.8. The highest BCUT2D eigenvalue weighted by atomic mass is 32.2. The molecule has 0 amide bonds. The van der Waals surface area contributed by atoms with Crippen molar-refractivity contribution < 1.29 is 33.7 Å². The molecule has 7 aliphatic heterocycles. The summed E-state index contributed by atoms with van der Waals surface area (Å²) in [6.45, 7) is 7.16. The second kappa shape index (κ2) is 29.1. The van der Waals surface area contributed by atoms with Crippen molar-refractivity contribution in [2.75, 3.05) is 0 Å². The standard InChI is InChI=1S/C82H74N6O8S4/c1-59-17-41-79(42-18-59)97(89,90)85-51-63-25-33-67(34-26-63)71-9-5-10-72(49-71)68-37-29-65(30-38-68)53-87(99(93,94)81-45-21-61(3)22-46-81)57-77-15-8-16-78(84-77)58-88(100(95,96)82-47-23-62(4)24-48-82)54-66-31-39-70(40-32-66)74-12-6-11-73(50-74)69-35-27-64(28-36-69)52-86(56-76-14-7-13-75(55-85)83-76)98(91,92)80-43-19-60(2)20-44-80/h5-50H,51-58H2,1-4H3. The molecule has 10 aromatic carbocycles. The zero-order valence-electron chi connectivity index (χ0n) is 55.8. The molecule has 0 saturated carbocycles. The summed E-state index contributed by atoms with van der Waals surface area (Å²) in [5.74, 6) is 0. The number of rotatable bonds is 8. The van der Waals surface area contributed by atoms with Crippen molar-refractivity contribution in [3.63, 3.8) is 0 Å². The zero-order chi connectivity index (χ0) is 69.8. The van der Waals surface area contributed by atoms with Crippen LogP contribution in [-0.2, 0) is 92.5 Å². The van der Waals surface area contributed by atoms with Gasteiger partial charge in [0, 0.05) is 26.2 Å². The lowest BCUT2D eigenvalue weighted by Crippen LogP contribution is -2.32. The van der Waals surface area contributed by atoms with Crippen molar-refractivity contribution in [1.82, 2.24) is 27.2 Å². The molecule has 504 valence electrons. The SMILES string of the molecule is Cc1ccc(S(=O)(=O)N2Cc3ccc(cc3)-c3cccc(c3)-c3ccc(cc3)CN(S(=O)(=O)c3ccc(C)cc3)Cc3cccc(n3)CN(S(=O)(=O)c3ccc(C)cc3)Cc3ccc(cc3)-c3cccc(c3)-c3ccc(cc3)CN(S(=O)(=O)c3ccc(C)cc3)Cc3cccc(n3)C2)cc1. The van der Waals surface area contributed by atoms with Crippen molar-refractivity contribution >= 4 is 40.1 Å². The molecule has 7 aliphatic rings. The van der Waals surface area contributed by atoms with Gasteiger partial charge in [-0.2, -0.15) is 17.2 Å². The monoisotopic (exact) mass is 1400 g/mol. The molecule has 12 aromatic rings. The van der Waals surface area contributed by atoms with E-state index < -0.39 is 40.1 Å². The van der Waals surface area contributed by atoms with Gasteiger partial charge in [0.05, 0.1) is 68.5 Å². The number of benzene rings is 10. The number of hydrogen-bond acceptors (Lipinski definition) is 10. The van der Waals surface area contributed by atoms with E-state index >= 15 is 0 Å². The van der Waals surface area contributed by atoms with Crippen LogP contribution in [-0.4, -0.2) is 60.9 Å². The second-order valence-electron chi connectivity index (χ2n) is 25.5. The van der Waals surface area contributed by atoms with Crippen molar-refractivity contribution in [2.24, 2.45) is 0 Å². The van der Waals surface area contributed by atoms with Crippen LogP contribution in [0, 0.1) is 27.7 Å². The minimum Gasteiger partial charge on any atom is -0.255 e. The van der Waals surface area contributed by atoms with Crippen molar-refractivity contribution in [3.05, 3.63) is 346 Å². The summed E-state index contributed by atoms with van der Waals surface area (Å²) in [6, 6.07) is 84.8. The van der Waals surface area contributed by atoms with Crippen LogP contribution >= 0.6 is 0 Å². The van der Waals surface area contributed by atoms with Crippen LogP contribution in [0.25, 0.3) is 44.5 Å². The van der Waals surface area contributed by atoms with Gasteiger partial charge in [-0.1, -0.05) is 216 Å². The molecular weight excluding hydrogens is 1330 g/mol. The summed E-state index contributed by atoms with van der Waals surface area (Å²) >= 11 is 0. The summed E-state index contributed by atoms with van der Waals surface area (Å²) in [4.78, 5) is 10.5. The quantitative estimate of drug-likeness (QED) is 0.142. The molecule has 0 saturated heterocycles. The molecule has 0 fully saturated rings. The molecule has 9 heterocycles. The average molecular weight is 1400 g/mol. The smallest absolute Gasteiger partial charge is 0.243 e. The fourth-order valence-corrected chi connectivity index (χ4v) is 17.9. The fraction of sp³-hybridized carbons (Fsp3) is 0.146. The van der Waals surface area contributed by atoms with Crippen LogP contribution in [0.4, 0.5) is 0 Å². The fourth-order valence-electron chi connectivity index (χ4n) is 12.3. The number of sulfonamides is 4. The van der Waals surface area contributed by atoms with E-state index in [9.17, 15) is 33.7 Å². The Morgan fingerprint density at radius 1 is 0.220 bits per heavy atom. The maximum Gasteiger partial charge on any atom is 0.243 e. The summed E-state index contributed by atoms with van der Waals surface area (Å²) in [5.41, 5.74) is 15.5. The van der Waals surface area contributed by atoms with Gasteiger partial charge in [0.2, 0.25) is 40.1 Å². The van der Waals surface area contributed by atoms with Gasteiger partial charge in [0.25, 0.3) is 0 Å². The van der Waals surface area contributed by atoms with E-state index in [0.717, 1.165) is 89.0 Å². The Labute approximate surface area is 587 Å². The molecule has 14 nitrogen and oxygen atoms in total. The Balaban J connectivity index is 0.872. The van der Waals surface area contributed by atoms with Crippen molar-refractivity contribution in [2.45, 2.75) is 99.6 Å². The number of nitrogens with zero attached hydrogens (tertiary/aromatic N) is 6. The van der Waals surface area contributed by atoms with Gasteiger partial charge in [-0.15, -0.1) is 0 Å². The van der Waals surface area contributed by atoms with E-state index in [1.54, 1.807) is 133 Å². The van der Waals surface area contributed by atoms with Crippen molar-refractivity contribution in [1.29, 1.82) is 0 Å². The molecular formula is C82H74N6O8S4. The lowest BCUT2D eigenvalue weighted by atomic mass is 9.98. The predicted octanol–water partition coefficient (Wildman–Crippen LogP) is 16.3. The summed E-state index contributed by atoms with van der Waals surface area (Å²) in [6.07, 6.45) is 0. The van der Waals surface area contributed by atoms with Gasteiger partial charge in [-0.05, 0) is 179 Å². The van der Waals surface area contributed by atoms with Gasteiger partial charge in [-0.25, -0.2) is 33.7 Å². The highest BCUT2D eigenvalue weighted by Gasteiger charge is 2.31. The van der Waals surface area contributed by atoms with Gasteiger partial charge in [0.15, 0.2) is 0 Å². The first-order chi connectivity index (χ1) is 48.1. The minimum absolute atomic E-state index is 0.00287. The summed E-state index contributed by atoms with van der Waals surface area (Å²) in [5, 5.41) is 0. The first kappa shape index (κ1) is 68.7. The van der Waals surface area contributed by atoms with E-state index in [4.69, 9.17) is 9.97 Å². The van der Waals surface area contributed by atoms with Gasteiger partial charge >= 0.3 is 0 Å². The minimum atomic E-state index is -4.12. The van der Waals surface area contributed by atoms with Gasteiger partial charge in [-0.3, -0.25) is 9.97 Å². The molecule has 0 spiro atoms. The van der Waals surface area contributed by atoms with E-state index in [-0.39, 0.29) is 71.9 Å². The predicted molar refractivity (Wildman–Crippen MR) is 394 cm³/mol. The van der Waals surface area contributed by atoms with Crippen molar-refractivity contribution in [3.8, 4) is 44.5 Å². The Hall–Kier alpha value is -9.86. The van der Waals surface area contributed by atoms with Crippen LogP contribution in [0.3, 0.4) is 0 Å². The first-order valence-electron chi connectivity index (χ1n) is 32.8. The van der Waals surface area contributed by atoms with E-state index in [0.29, 0.717) is 22.8 Å². The van der Waals surface area contributed by atoms with Gasteiger partial charge < -0.3 is 0 Å². The molecule has 100 heavy (non-hydrogen) atoms. The molecule has 0 aliphatic carbocycles. The molecule has 0 unspecified atom stereocenters. The third-order valence-corrected chi connectivity index (χ3v) is 25.3. The third-order valence-electron chi connectivity index (χ3n) is 18.0. The molecule has 19 rings (SSSR count). The Kier molecular flexibility index (Phi) is 20.0. The third kappa shape index (κ3) is 15.8. The first-order valence-corrected chi connectivity index (χ1v) is 38.6. The lowest BCUT2D eigenvalue weighted by molar-refractivity contribution is 0.387. The topological polar surface area (TPSA) is 175 Å². The normalized spacial score (nSPS) is 14.4. The van der Waals surface area contributed by atoms with Gasteiger partial charge in [0.1, 0.15) is 0 Å². The zero-order valence-corrected chi connectivity index (χ0v) is 59.1. The summed E-state index contributed by atoms with van der Waals surface area (Å²) in [7, 11) is -16.5. The Morgan fingerprint density at radius 3 is 0.610 bits per heavy atom. The van der Waals surface area contributed by atoms with Crippen LogP contribution in [0.2, 0.25) is 0 Å². The maximum absolute atomic E-state index is 14.8. The molecule has 2 aromatic heterocycles. The Bertz CT molecular complexity index is 4730. The van der Waals surface area contributed by atoms with Crippen LogP contribution in [0.1, 0.15) is 67.3 Å². The number of pyridine rings is 2. The molecule has 0 radical (unpaired) electrons. The second-order valence-corrected chi connectivity index (χ2v) is 33.3. The highest BCUT2D eigenvalue weighted by Crippen LogP contribution is 2.33. The van der Waals surface area contributed by atoms with Crippen LogP contribution in [0.5, 0.6) is 0 Å². The largest absolute Gasteiger partial charge is 0.255 e. The van der Waals surface area contributed by atoms with Crippen LogP contribution in [0.15, 0.2) is 299 Å². The van der Waals surface area contributed by atoms with E-state index in [1.165, 1.54) is 17.2 Å². The average Bonchev–Trinajstić information content (AvgIpc) is 0.818. The lowest BCUT2D eigenvalue weighted by Gasteiger charge is -2.24. The van der Waals surface area contributed by atoms with Crippen LogP contribution < -0.4 is 0 Å².